The van der Waals surface area contributed by atoms with Gasteiger partial charge in [-0.1, -0.05) is 57.4 Å². The number of hydrogen-bond acceptors (Lipinski definition) is 1. The highest BCUT2D eigenvalue weighted by molar-refractivity contribution is 5.37. The standard InChI is InChI=1S/C29H48O/c1-19(2)9-8-10-20(3)21-15-17-28(6)22(21)11-12-24-23(28)13-14-25-27(4,5)26(30)16-18-29(24,25)7/h9,20-22,25-26,30H,8,10-18H2,1-7H3/t20-,21-,22?,25+,26+,28-,29-/m1/s1. The summed E-state index contributed by atoms with van der Waals surface area (Å²) in [6, 6.07) is 0. The Morgan fingerprint density at radius 1 is 0.967 bits per heavy atom. The molecule has 7 atom stereocenters. The smallest absolute Gasteiger partial charge is 0.0594 e. The number of fused-ring (bicyclic) bond motifs is 4. The van der Waals surface area contributed by atoms with Gasteiger partial charge in [0.2, 0.25) is 0 Å². The third kappa shape index (κ3) is 3.37. The summed E-state index contributed by atoms with van der Waals surface area (Å²) in [7, 11) is 0. The van der Waals surface area contributed by atoms with Crippen LogP contribution in [0.2, 0.25) is 0 Å². The van der Waals surface area contributed by atoms with Crippen LogP contribution in [0.15, 0.2) is 22.8 Å². The summed E-state index contributed by atoms with van der Waals surface area (Å²) in [4.78, 5) is 0. The van der Waals surface area contributed by atoms with Crippen LogP contribution in [0.1, 0.15) is 113 Å². The fourth-order valence-corrected chi connectivity index (χ4v) is 9.00. The zero-order valence-corrected chi connectivity index (χ0v) is 21.0. The molecule has 1 N–H and O–H groups in total. The van der Waals surface area contributed by atoms with Gasteiger partial charge in [-0.05, 0) is 118 Å². The predicted molar refractivity (Wildman–Crippen MR) is 128 cm³/mol. The molecule has 4 aliphatic carbocycles. The number of aliphatic hydroxyl groups excluding tert-OH is 1. The van der Waals surface area contributed by atoms with Crippen LogP contribution in [0.25, 0.3) is 0 Å². The molecule has 1 unspecified atom stereocenters. The first-order valence-corrected chi connectivity index (χ1v) is 13.1. The molecule has 0 bridgehead atoms. The van der Waals surface area contributed by atoms with Crippen molar-refractivity contribution in [3.63, 3.8) is 0 Å². The first-order valence-electron chi connectivity index (χ1n) is 13.1. The SMILES string of the molecule is CC(C)=CCC[C@@H](C)[C@H]1CC[C@@]2(C)C3=C(CCC12)[C@@]1(C)CC[C@H](O)C(C)(C)[C@@H]1CC3. The second-order valence-corrected chi connectivity index (χ2v) is 12.9. The van der Waals surface area contributed by atoms with Gasteiger partial charge in [-0.2, -0.15) is 0 Å². The molecular weight excluding hydrogens is 364 g/mol. The fraction of sp³-hybridized carbons (Fsp3) is 0.862. The van der Waals surface area contributed by atoms with Gasteiger partial charge < -0.3 is 5.11 Å². The maximum absolute atomic E-state index is 10.8. The molecule has 0 radical (unpaired) electrons. The normalized spacial score (nSPS) is 43.5. The molecule has 30 heavy (non-hydrogen) atoms. The number of aliphatic hydroxyl groups is 1. The fourth-order valence-electron chi connectivity index (χ4n) is 9.00. The molecule has 0 amide bonds. The lowest BCUT2D eigenvalue weighted by Crippen LogP contribution is -2.53. The van der Waals surface area contributed by atoms with E-state index in [0.717, 1.165) is 24.2 Å². The van der Waals surface area contributed by atoms with Gasteiger partial charge in [0.1, 0.15) is 0 Å². The minimum Gasteiger partial charge on any atom is -0.393 e. The topological polar surface area (TPSA) is 20.2 Å². The summed E-state index contributed by atoms with van der Waals surface area (Å²) in [6.07, 6.45) is 15.3. The molecule has 2 fully saturated rings. The first kappa shape index (κ1) is 22.6. The quantitative estimate of drug-likeness (QED) is 0.462. The van der Waals surface area contributed by atoms with Crippen molar-refractivity contribution in [2.24, 2.45) is 39.9 Å². The summed E-state index contributed by atoms with van der Waals surface area (Å²) in [5, 5.41) is 10.8. The Morgan fingerprint density at radius 2 is 1.60 bits per heavy atom. The Bertz CT molecular complexity index is 723. The highest BCUT2D eigenvalue weighted by Crippen LogP contribution is 2.68. The van der Waals surface area contributed by atoms with Gasteiger partial charge in [-0.25, -0.2) is 0 Å². The van der Waals surface area contributed by atoms with E-state index in [4.69, 9.17) is 0 Å². The average molecular weight is 413 g/mol. The second-order valence-electron chi connectivity index (χ2n) is 12.9. The molecule has 0 spiro atoms. The minimum atomic E-state index is -0.123. The van der Waals surface area contributed by atoms with Crippen molar-refractivity contribution in [1.82, 2.24) is 0 Å². The monoisotopic (exact) mass is 412 g/mol. The largest absolute Gasteiger partial charge is 0.393 e. The highest BCUT2D eigenvalue weighted by Gasteiger charge is 2.59. The summed E-state index contributed by atoms with van der Waals surface area (Å²) >= 11 is 0. The Morgan fingerprint density at radius 3 is 2.30 bits per heavy atom. The molecular formula is C29H48O. The van der Waals surface area contributed by atoms with Crippen LogP contribution < -0.4 is 0 Å². The highest BCUT2D eigenvalue weighted by atomic mass is 16.3. The van der Waals surface area contributed by atoms with E-state index in [-0.39, 0.29) is 11.5 Å². The van der Waals surface area contributed by atoms with E-state index < -0.39 is 0 Å². The van der Waals surface area contributed by atoms with Crippen molar-refractivity contribution < 1.29 is 5.11 Å². The van der Waals surface area contributed by atoms with Crippen molar-refractivity contribution in [3.8, 4) is 0 Å². The van der Waals surface area contributed by atoms with Gasteiger partial charge in [-0.3, -0.25) is 0 Å². The molecule has 2 saturated carbocycles. The summed E-state index contributed by atoms with van der Waals surface area (Å²) in [5.74, 6) is 3.32. The molecule has 4 aliphatic rings. The van der Waals surface area contributed by atoms with Crippen LogP contribution in [-0.4, -0.2) is 11.2 Å². The van der Waals surface area contributed by atoms with Crippen LogP contribution in [-0.2, 0) is 0 Å². The lowest BCUT2D eigenvalue weighted by atomic mass is 9.45. The Hall–Kier alpha value is -0.560. The van der Waals surface area contributed by atoms with E-state index in [1.54, 1.807) is 0 Å². The van der Waals surface area contributed by atoms with Crippen LogP contribution in [0, 0.1) is 39.9 Å². The zero-order chi connectivity index (χ0) is 21.9. The lowest BCUT2D eigenvalue weighted by molar-refractivity contribution is -0.0931. The van der Waals surface area contributed by atoms with Gasteiger partial charge in [0.25, 0.3) is 0 Å². The number of allylic oxidation sites excluding steroid dienone is 4. The predicted octanol–water partition coefficient (Wildman–Crippen LogP) is 8.09. The Labute approximate surface area is 186 Å². The van der Waals surface area contributed by atoms with Crippen molar-refractivity contribution in [1.29, 1.82) is 0 Å². The van der Waals surface area contributed by atoms with E-state index in [0.29, 0.717) is 16.7 Å². The molecule has 0 aliphatic heterocycles. The minimum absolute atomic E-state index is 0.0565. The maximum Gasteiger partial charge on any atom is 0.0594 e. The summed E-state index contributed by atoms with van der Waals surface area (Å²) in [5.41, 5.74) is 6.06. The molecule has 0 aromatic heterocycles. The van der Waals surface area contributed by atoms with Crippen molar-refractivity contribution in [2.45, 2.75) is 119 Å². The lowest BCUT2D eigenvalue weighted by Gasteiger charge is -2.60. The maximum atomic E-state index is 10.8. The van der Waals surface area contributed by atoms with Crippen molar-refractivity contribution in [3.05, 3.63) is 22.8 Å². The Kier molecular flexibility index (Phi) is 5.87. The summed E-state index contributed by atoms with van der Waals surface area (Å²) in [6.45, 7) is 16.9. The van der Waals surface area contributed by atoms with Gasteiger partial charge in [-0.15, -0.1) is 0 Å². The molecule has 4 rings (SSSR count). The molecule has 0 saturated heterocycles. The van der Waals surface area contributed by atoms with Crippen LogP contribution in [0.5, 0.6) is 0 Å². The second kappa shape index (κ2) is 7.79. The molecule has 0 aromatic rings. The van der Waals surface area contributed by atoms with Crippen molar-refractivity contribution >= 4 is 0 Å². The van der Waals surface area contributed by atoms with E-state index in [9.17, 15) is 5.11 Å². The summed E-state index contributed by atoms with van der Waals surface area (Å²) < 4.78 is 0. The number of hydrogen-bond donors (Lipinski definition) is 1. The first-order chi connectivity index (χ1) is 14.0. The van der Waals surface area contributed by atoms with Gasteiger partial charge in [0, 0.05) is 0 Å². The van der Waals surface area contributed by atoms with Gasteiger partial charge >= 0.3 is 0 Å². The Balaban J connectivity index is 1.59. The molecule has 0 aromatic carbocycles. The average Bonchev–Trinajstić information content (AvgIpc) is 3.02. The molecule has 0 heterocycles. The van der Waals surface area contributed by atoms with Gasteiger partial charge in [0.15, 0.2) is 0 Å². The van der Waals surface area contributed by atoms with Crippen LogP contribution in [0.4, 0.5) is 0 Å². The molecule has 170 valence electrons. The third-order valence-corrected chi connectivity index (χ3v) is 10.8. The third-order valence-electron chi connectivity index (χ3n) is 10.8. The zero-order valence-electron chi connectivity index (χ0n) is 21.0. The molecule has 1 nitrogen and oxygen atoms in total. The van der Waals surface area contributed by atoms with Crippen molar-refractivity contribution in [2.75, 3.05) is 0 Å². The van der Waals surface area contributed by atoms with E-state index in [1.165, 1.54) is 63.4 Å². The van der Waals surface area contributed by atoms with E-state index >= 15 is 0 Å². The van der Waals surface area contributed by atoms with E-state index in [1.807, 2.05) is 11.1 Å². The molecule has 1 heteroatoms. The van der Waals surface area contributed by atoms with Gasteiger partial charge in [0.05, 0.1) is 6.10 Å². The number of rotatable bonds is 4. The van der Waals surface area contributed by atoms with Crippen LogP contribution in [0.3, 0.4) is 0 Å². The van der Waals surface area contributed by atoms with Crippen LogP contribution >= 0.6 is 0 Å². The van der Waals surface area contributed by atoms with E-state index in [2.05, 4.69) is 54.5 Å².